The van der Waals surface area contributed by atoms with Crippen molar-refractivity contribution in [3.05, 3.63) is 0 Å². The fourth-order valence-corrected chi connectivity index (χ4v) is 2.81. The van der Waals surface area contributed by atoms with Crippen molar-refractivity contribution >= 4 is 5.91 Å². The molecular weight excluding hydrogens is 212 g/mol. The summed E-state index contributed by atoms with van der Waals surface area (Å²) in [5.74, 6) is 0.381. The first-order chi connectivity index (χ1) is 7.97. The SMILES string of the molecule is CCCC(N)CNC(=O)C1CCCCC1(C)C. The summed E-state index contributed by atoms with van der Waals surface area (Å²) in [5.41, 5.74) is 6.06. The van der Waals surface area contributed by atoms with Crippen molar-refractivity contribution in [2.45, 2.75) is 65.3 Å². The van der Waals surface area contributed by atoms with Crippen LogP contribution in [0.25, 0.3) is 0 Å². The number of hydrogen-bond acceptors (Lipinski definition) is 2. The number of nitrogens with one attached hydrogen (secondary N) is 1. The van der Waals surface area contributed by atoms with Gasteiger partial charge >= 0.3 is 0 Å². The van der Waals surface area contributed by atoms with Crippen LogP contribution >= 0.6 is 0 Å². The Labute approximate surface area is 106 Å². The molecule has 1 amide bonds. The summed E-state index contributed by atoms with van der Waals surface area (Å²) in [6.45, 7) is 7.16. The number of carbonyl (C=O) groups is 1. The summed E-state index contributed by atoms with van der Waals surface area (Å²) in [6.07, 6.45) is 6.68. The van der Waals surface area contributed by atoms with Gasteiger partial charge < -0.3 is 11.1 Å². The zero-order valence-corrected chi connectivity index (χ0v) is 11.6. The van der Waals surface area contributed by atoms with Crippen LogP contribution in [0.5, 0.6) is 0 Å². The van der Waals surface area contributed by atoms with E-state index in [1.165, 1.54) is 12.8 Å². The molecule has 0 aromatic heterocycles. The van der Waals surface area contributed by atoms with Gasteiger partial charge in [-0.05, 0) is 24.7 Å². The van der Waals surface area contributed by atoms with Crippen LogP contribution in [0.2, 0.25) is 0 Å². The van der Waals surface area contributed by atoms with Crippen molar-refractivity contribution in [1.82, 2.24) is 5.32 Å². The molecule has 0 aliphatic heterocycles. The normalized spacial score (nSPS) is 25.3. The Kier molecular flexibility index (Phi) is 5.44. The van der Waals surface area contributed by atoms with Crippen LogP contribution in [0.15, 0.2) is 0 Å². The third kappa shape index (κ3) is 4.30. The first-order valence-electron chi connectivity index (χ1n) is 7.00. The fraction of sp³-hybridized carbons (Fsp3) is 0.929. The minimum absolute atomic E-state index is 0.107. The van der Waals surface area contributed by atoms with E-state index in [9.17, 15) is 4.79 Å². The van der Waals surface area contributed by atoms with E-state index in [1.807, 2.05) is 0 Å². The fourth-order valence-electron chi connectivity index (χ4n) is 2.81. The smallest absolute Gasteiger partial charge is 0.223 e. The van der Waals surface area contributed by atoms with E-state index in [0.717, 1.165) is 25.7 Å². The molecule has 2 unspecified atom stereocenters. The molecule has 1 fully saturated rings. The first kappa shape index (κ1) is 14.5. The van der Waals surface area contributed by atoms with Crippen LogP contribution in [0.1, 0.15) is 59.3 Å². The van der Waals surface area contributed by atoms with Crippen LogP contribution in [0.3, 0.4) is 0 Å². The third-order valence-electron chi connectivity index (χ3n) is 4.02. The molecule has 17 heavy (non-hydrogen) atoms. The highest BCUT2D eigenvalue weighted by Gasteiger charge is 2.36. The summed E-state index contributed by atoms with van der Waals surface area (Å²) in [4.78, 5) is 12.2. The van der Waals surface area contributed by atoms with Gasteiger partial charge in [0.1, 0.15) is 0 Å². The van der Waals surface area contributed by atoms with Gasteiger partial charge in [-0.25, -0.2) is 0 Å². The van der Waals surface area contributed by atoms with Gasteiger partial charge in [-0.1, -0.05) is 40.0 Å². The van der Waals surface area contributed by atoms with Gasteiger partial charge in [-0.2, -0.15) is 0 Å². The maximum Gasteiger partial charge on any atom is 0.223 e. The van der Waals surface area contributed by atoms with Crippen LogP contribution in [0, 0.1) is 11.3 Å². The van der Waals surface area contributed by atoms with Crippen molar-refractivity contribution in [2.24, 2.45) is 17.1 Å². The second kappa shape index (κ2) is 6.39. The molecular formula is C14H28N2O. The molecule has 3 N–H and O–H groups in total. The highest BCUT2D eigenvalue weighted by atomic mass is 16.1. The minimum atomic E-state index is 0.107. The number of hydrogen-bond donors (Lipinski definition) is 2. The van der Waals surface area contributed by atoms with E-state index >= 15 is 0 Å². The molecule has 0 radical (unpaired) electrons. The average Bonchev–Trinajstić information content (AvgIpc) is 2.26. The number of amides is 1. The van der Waals surface area contributed by atoms with Crippen molar-refractivity contribution < 1.29 is 4.79 Å². The van der Waals surface area contributed by atoms with E-state index in [1.54, 1.807) is 0 Å². The van der Waals surface area contributed by atoms with Crippen molar-refractivity contribution in [1.29, 1.82) is 0 Å². The van der Waals surface area contributed by atoms with E-state index in [0.29, 0.717) is 6.54 Å². The lowest BCUT2D eigenvalue weighted by atomic mass is 9.68. The Morgan fingerprint density at radius 3 is 2.76 bits per heavy atom. The van der Waals surface area contributed by atoms with E-state index in [-0.39, 0.29) is 23.3 Å². The first-order valence-corrected chi connectivity index (χ1v) is 7.00. The molecule has 2 atom stereocenters. The van der Waals surface area contributed by atoms with E-state index in [4.69, 9.17) is 5.73 Å². The largest absolute Gasteiger partial charge is 0.354 e. The zero-order valence-electron chi connectivity index (χ0n) is 11.6. The molecule has 0 aromatic carbocycles. The number of carbonyl (C=O) groups excluding carboxylic acids is 1. The summed E-state index contributed by atoms with van der Waals surface area (Å²) in [6, 6.07) is 0.107. The van der Waals surface area contributed by atoms with Gasteiger partial charge in [-0.15, -0.1) is 0 Å². The zero-order chi connectivity index (χ0) is 12.9. The van der Waals surface area contributed by atoms with Gasteiger partial charge in [0.25, 0.3) is 0 Å². The molecule has 1 saturated carbocycles. The molecule has 100 valence electrons. The topological polar surface area (TPSA) is 55.1 Å². The number of nitrogens with two attached hydrogens (primary N) is 1. The summed E-state index contributed by atoms with van der Waals surface area (Å²) in [7, 11) is 0. The monoisotopic (exact) mass is 240 g/mol. The van der Waals surface area contributed by atoms with Gasteiger partial charge in [0.2, 0.25) is 5.91 Å². The Hall–Kier alpha value is -0.570. The molecule has 1 aliphatic carbocycles. The second-order valence-electron chi connectivity index (χ2n) is 6.08. The van der Waals surface area contributed by atoms with Gasteiger partial charge in [-0.3, -0.25) is 4.79 Å². The Morgan fingerprint density at radius 2 is 2.18 bits per heavy atom. The summed E-state index contributed by atoms with van der Waals surface area (Å²) < 4.78 is 0. The molecule has 0 spiro atoms. The Bertz CT molecular complexity index is 251. The lowest BCUT2D eigenvalue weighted by Gasteiger charge is -2.37. The van der Waals surface area contributed by atoms with Gasteiger partial charge in [0.05, 0.1) is 0 Å². The standard InChI is InChI=1S/C14H28N2O/c1-4-7-11(15)10-16-13(17)12-8-5-6-9-14(12,2)3/h11-12H,4-10,15H2,1-3H3,(H,16,17). The van der Waals surface area contributed by atoms with Gasteiger partial charge in [0.15, 0.2) is 0 Å². The van der Waals surface area contributed by atoms with Crippen molar-refractivity contribution in [3.8, 4) is 0 Å². The quantitative estimate of drug-likeness (QED) is 0.775. The van der Waals surface area contributed by atoms with E-state index in [2.05, 4.69) is 26.1 Å². The van der Waals surface area contributed by atoms with Crippen LogP contribution in [0.4, 0.5) is 0 Å². The predicted octanol–water partition coefficient (Wildman–Crippen LogP) is 2.45. The molecule has 1 rings (SSSR count). The molecule has 0 saturated heterocycles. The Balaban J connectivity index is 2.41. The molecule has 0 heterocycles. The van der Waals surface area contributed by atoms with Gasteiger partial charge in [0, 0.05) is 18.5 Å². The van der Waals surface area contributed by atoms with Crippen molar-refractivity contribution in [2.75, 3.05) is 6.54 Å². The molecule has 1 aliphatic rings. The lowest BCUT2D eigenvalue weighted by Crippen LogP contribution is -2.45. The average molecular weight is 240 g/mol. The Morgan fingerprint density at radius 1 is 1.47 bits per heavy atom. The molecule has 3 heteroatoms. The number of rotatable bonds is 5. The maximum absolute atomic E-state index is 12.2. The summed E-state index contributed by atoms with van der Waals surface area (Å²) >= 11 is 0. The summed E-state index contributed by atoms with van der Waals surface area (Å²) in [5, 5.41) is 3.03. The van der Waals surface area contributed by atoms with Crippen LogP contribution in [-0.4, -0.2) is 18.5 Å². The lowest BCUT2D eigenvalue weighted by molar-refractivity contribution is -0.130. The van der Waals surface area contributed by atoms with Crippen LogP contribution < -0.4 is 11.1 Å². The third-order valence-corrected chi connectivity index (χ3v) is 4.02. The second-order valence-corrected chi connectivity index (χ2v) is 6.08. The predicted molar refractivity (Wildman–Crippen MR) is 71.6 cm³/mol. The minimum Gasteiger partial charge on any atom is -0.354 e. The van der Waals surface area contributed by atoms with E-state index < -0.39 is 0 Å². The molecule has 0 aromatic rings. The highest BCUT2D eigenvalue weighted by Crippen LogP contribution is 2.40. The van der Waals surface area contributed by atoms with Crippen molar-refractivity contribution in [3.63, 3.8) is 0 Å². The molecule has 0 bridgehead atoms. The maximum atomic E-state index is 12.2. The van der Waals surface area contributed by atoms with Crippen LogP contribution in [-0.2, 0) is 4.79 Å². The highest BCUT2D eigenvalue weighted by molar-refractivity contribution is 5.79. The molecule has 3 nitrogen and oxygen atoms in total.